The maximum atomic E-state index is 12.4. The number of carbonyl (C=O) groups excluding carboxylic acids is 1. The van der Waals surface area contributed by atoms with Gasteiger partial charge in [0.15, 0.2) is 0 Å². The van der Waals surface area contributed by atoms with Gasteiger partial charge in [0.05, 0.1) is 0 Å². The molecule has 0 amide bonds. The van der Waals surface area contributed by atoms with Crippen LogP contribution in [0.3, 0.4) is 0 Å². The maximum absolute atomic E-state index is 12.4. The Morgan fingerprint density at radius 3 is 2.52 bits per heavy atom. The Morgan fingerprint density at radius 1 is 1.28 bits per heavy atom. The predicted molar refractivity (Wildman–Crippen MR) is 92.7 cm³/mol. The summed E-state index contributed by atoms with van der Waals surface area (Å²) in [6.45, 7) is 4.99. The fraction of sp³-hybridized carbons (Fsp3) is 0.444. The first-order valence-electron chi connectivity index (χ1n) is 8.05. The van der Waals surface area contributed by atoms with Crippen LogP contribution in [-0.2, 0) is 20.7 Å². The van der Waals surface area contributed by atoms with E-state index in [0.29, 0.717) is 6.42 Å². The van der Waals surface area contributed by atoms with E-state index in [0.717, 1.165) is 16.5 Å². The molecule has 7 nitrogen and oxygen atoms in total. The first kappa shape index (κ1) is 19.0. The van der Waals surface area contributed by atoms with Gasteiger partial charge in [0.2, 0.25) is 5.72 Å². The van der Waals surface area contributed by atoms with Crippen LogP contribution in [0, 0.1) is 5.92 Å². The Balaban J connectivity index is 2.24. The zero-order valence-electron chi connectivity index (χ0n) is 14.6. The molecule has 1 aromatic carbocycles. The summed E-state index contributed by atoms with van der Waals surface area (Å²) in [6.07, 6.45) is 2.20. The number of aromatic amines is 1. The van der Waals surface area contributed by atoms with Gasteiger partial charge < -0.3 is 19.9 Å². The number of hydrogen-bond donors (Lipinski definition) is 4. The molecule has 0 aliphatic heterocycles. The molecule has 1 heterocycles. The number of hydrogen-bond acceptors (Lipinski definition) is 5. The molecule has 136 valence electrons. The molecule has 25 heavy (non-hydrogen) atoms. The van der Waals surface area contributed by atoms with Crippen molar-refractivity contribution >= 4 is 22.8 Å². The summed E-state index contributed by atoms with van der Waals surface area (Å²) >= 11 is 0. The van der Waals surface area contributed by atoms with Gasteiger partial charge in [0, 0.05) is 17.1 Å². The number of H-pyrrole nitrogens is 1. The highest BCUT2D eigenvalue weighted by Crippen LogP contribution is 2.26. The van der Waals surface area contributed by atoms with Crippen molar-refractivity contribution in [3.8, 4) is 0 Å². The van der Waals surface area contributed by atoms with E-state index < -0.39 is 29.2 Å². The van der Waals surface area contributed by atoms with Gasteiger partial charge in [0.1, 0.15) is 11.5 Å². The molecule has 2 aromatic rings. The van der Waals surface area contributed by atoms with Gasteiger partial charge in [-0.3, -0.25) is 10.5 Å². The maximum Gasteiger partial charge on any atom is 0.351 e. The highest BCUT2D eigenvalue weighted by atomic mass is 16.6. The average molecular weight is 348 g/mol. The van der Waals surface area contributed by atoms with Crippen LogP contribution in [-0.4, -0.2) is 38.5 Å². The molecule has 2 atom stereocenters. The van der Waals surface area contributed by atoms with Crippen molar-refractivity contribution in [2.24, 2.45) is 11.7 Å². The van der Waals surface area contributed by atoms with Crippen LogP contribution >= 0.6 is 0 Å². The number of aliphatic hydroxyl groups is 1. The normalized spacial score (nSPS) is 15.6. The second kappa shape index (κ2) is 6.85. The van der Waals surface area contributed by atoms with E-state index in [1.54, 1.807) is 27.0 Å². The predicted octanol–water partition coefficient (Wildman–Crippen LogP) is 1.79. The van der Waals surface area contributed by atoms with Gasteiger partial charge in [0.25, 0.3) is 0 Å². The highest BCUT2D eigenvalue weighted by molar-refractivity contribution is 5.86. The molecule has 7 heteroatoms. The largest absolute Gasteiger partial charge is 0.478 e. The zero-order valence-corrected chi connectivity index (χ0v) is 14.6. The number of esters is 1. The van der Waals surface area contributed by atoms with Gasteiger partial charge in [-0.25, -0.2) is 4.79 Å². The number of aliphatic carboxylic acids is 1. The van der Waals surface area contributed by atoms with Crippen molar-refractivity contribution in [3.63, 3.8) is 0 Å². The second-order valence-electron chi connectivity index (χ2n) is 7.11. The number of carboxylic acids is 1. The molecule has 0 saturated carbocycles. The Labute approximate surface area is 145 Å². The monoisotopic (exact) mass is 348 g/mol. The summed E-state index contributed by atoms with van der Waals surface area (Å²) in [7, 11) is 0. The molecule has 5 N–H and O–H groups in total. The van der Waals surface area contributed by atoms with E-state index in [9.17, 15) is 19.8 Å². The summed E-state index contributed by atoms with van der Waals surface area (Å²) in [5, 5.41) is 20.3. The number of rotatable bonds is 6. The molecule has 0 spiro atoms. The molecular formula is C18H24N2O5. The molecule has 0 bridgehead atoms. The molecule has 0 aliphatic carbocycles. The minimum Gasteiger partial charge on any atom is -0.478 e. The summed E-state index contributed by atoms with van der Waals surface area (Å²) < 4.78 is 5.24. The topological polar surface area (TPSA) is 126 Å². The quantitative estimate of drug-likeness (QED) is 0.466. The van der Waals surface area contributed by atoms with E-state index in [1.807, 2.05) is 24.3 Å². The zero-order chi connectivity index (χ0) is 18.8. The third kappa shape index (κ3) is 4.37. The van der Waals surface area contributed by atoms with E-state index in [1.165, 1.54) is 0 Å². The number of para-hydroxylation sites is 1. The molecular weight excluding hydrogens is 324 g/mol. The summed E-state index contributed by atoms with van der Waals surface area (Å²) in [4.78, 5) is 26.8. The van der Waals surface area contributed by atoms with Crippen molar-refractivity contribution in [2.75, 3.05) is 0 Å². The van der Waals surface area contributed by atoms with Gasteiger partial charge in [-0.1, -0.05) is 18.2 Å². The Bertz CT molecular complexity index is 773. The van der Waals surface area contributed by atoms with Crippen LogP contribution in [0.15, 0.2) is 30.5 Å². The van der Waals surface area contributed by atoms with Crippen LogP contribution in [0.2, 0.25) is 0 Å². The summed E-state index contributed by atoms with van der Waals surface area (Å²) in [5.41, 5.74) is 3.85. The molecule has 1 aromatic heterocycles. The Hall–Kier alpha value is -2.38. The standard InChI is InChI=1S/C18H24N2O5/c1-17(2,3)25-15(21)13(18(19,24)16(22)23)9-8-11-10-20-14-7-5-4-6-12(11)14/h4-7,10,13,20,24H,8-9,19H2,1-3H3,(H,22,23)/t13-,18-/m0/s1. The van der Waals surface area contributed by atoms with Gasteiger partial charge >= 0.3 is 11.9 Å². The van der Waals surface area contributed by atoms with Crippen LogP contribution in [0.25, 0.3) is 10.9 Å². The second-order valence-corrected chi connectivity index (χ2v) is 7.11. The number of ether oxygens (including phenoxy) is 1. The van der Waals surface area contributed by atoms with E-state index in [4.69, 9.17) is 10.5 Å². The Morgan fingerprint density at radius 2 is 1.92 bits per heavy atom. The van der Waals surface area contributed by atoms with E-state index >= 15 is 0 Å². The number of carboxylic acid groups (broad SMARTS) is 1. The molecule has 0 saturated heterocycles. The van der Waals surface area contributed by atoms with Gasteiger partial charge in [-0.2, -0.15) is 0 Å². The van der Waals surface area contributed by atoms with Crippen molar-refractivity contribution < 1.29 is 24.5 Å². The molecule has 0 radical (unpaired) electrons. The number of carbonyl (C=O) groups is 2. The van der Waals surface area contributed by atoms with Crippen molar-refractivity contribution in [1.82, 2.24) is 4.98 Å². The van der Waals surface area contributed by atoms with Crippen molar-refractivity contribution in [2.45, 2.75) is 44.9 Å². The summed E-state index contributed by atoms with van der Waals surface area (Å²) in [5.74, 6) is -3.89. The minimum absolute atomic E-state index is 0.0378. The third-order valence-electron chi connectivity index (χ3n) is 3.94. The van der Waals surface area contributed by atoms with Crippen LogP contribution in [0.1, 0.15) is 32.8 Å². The van der Waals surface area contributed by atoms with Gasteiger partial charge in [-0.15, -0.1) is 0 Å². The molecule has 2 rings (SSSR count). The SMILES string of the molecule is CC(C)(C)OC(=O)[C@H](CCc1c[nH]c2ccccc12)[C@](N)(O)C(=O)O. The third-order valence-corrected chi connectivity index (χ3v) is 3.94. The van der Waals surface area contributed by atoms with E-state index in [2.05, 4.69) is 4.98 Å². The lowest BCUT2D eigenvalue weighted by atomic mass is 9.89. The fourth-order valence-corrected chi connectivity index (χ4v) is 2.68. The lowest BCUT2D eigenvalue weighted by Gasteiger charge is -2.30. The van der Waals surface area contributed by atoms with Crippen molar-refractivity contribution in [1.29, 1.82) is 0 Å². The number of benzene rings is 1. The van der Waals surface area contributed by atoms with E-state index in [-0.39, 0.29) is 6.42 Å². The van der Waals surface area contributed by atoms with Gasteiger partial charge in [-0.05, 0) is 45.2 Å². The first-order chi connectivity index (χ1) is 11.5. The fourth-order valence-electron chi connectivity index (χ4n) is 2.68. The molecule has 0 unspecified atom stereocenters. The lowest BCUT2D eigenvalue weighted by Crippen LogP contribution is -2.57. The smallest absolute Gasteiger partial charge is 0.351 e. The average Bonchev–Trinajstić information content (AvgIpc) is 2.88. The van der Waals surface area contributed by atoms with Crippen molar-refractivity contribution in [3.05, 3.63) is 36.0 Å². The highest BCUT2D eigenvalue weighted by Gasteiger charge is 2.46. The number of aromatic nitrogens is 1. The number of aryl methyl sites for hydroxylation is 1. The molecule has 0 fully saturated rings. The number of nitrogens with one attached hydrogen (secondary N) is 1. The lowest BCUT2D eigenvalue weighted by molar-refractivity contribution is -0.182. The number of fused-ring (bicyclic) bond motifs is 1. The van der Waals surface area contributed by atoms with Crippen LogP contribution in [0.5, 0.6) is 0 Å². The summed E-state index contributed by atoms with van der Waals surface area (Å²) in [6, 6.07) is 7.63. The van der Waals surface area contributed by atoms with Crippen LogP contribution in [0.4, 0.5) is 0 Å². The van der Waals surface area contributed by atoms with Crippen LogP contribution < -0.4 is 5.73 Å². The minimum atomic E-state index is -2.70. The molecule has 0 aliphatic rings. The first-order valence-corrected chi connectivity index (χ1v) is 8.05. The number of nitrogens with two attached hydrogens (primary N) is 1. The Kier molecular flexibility index (Phi) is 5.20.